The third kappa shape index (κ3) is 4.84. The Morgan fingerprint density at radius 3 is 2.60 bits per heavy atom. The molecule has 1 aromatic rings. The summed E-state index contributed by atoms with van der Waals surface area (Å²) in [7, 11) is 0. The number of para-hydroxylation sites is 1. The minimum absolute atomic E-state index is 0.557. The van der Waals surface area contributed by atoms with Crippen molar-refractivity contribution >= 4 is 6.16 Å². The molecule has 6 nitrogen and oxygen atoms in total. The van der Waals surface area contributed by atoms with E-state index in [1.165, 1.54) is 6.92 Å². The largest absolute Gasteiger partial charge is 0.462 e. The van der Waals surface area contributed by atoms with E-state index in [0.717, 1.165) is 0 Å². The Kier molecular flexibility index (Phi) is 4.39. The lowest BCUT2D eigenvalue weighted by atomic mass is 10.3. The van der Waals surface area contributed by atoms with Crippen molar-refractivity contribution in [2.24, 2.45) is 0 Å². The van der Waals surface area contributed by atoms with Crippen LogP contribution in [0.1, 0.15) is 6.92 Å². The summed E-state index contributed by atoms with van der Waals surface area (Å²) in [6.45, 7) is 1.51. The summed E-state index contributed by atoms with van der Waals surface area (Å²) >= 11 is 0. The fourth-order valence-corrected chi connectivity index (χ4v) is 0.813. The molecular formula is C9H9O6-. The molecule has 15 heavy (non-hydrogen) atoms. The topological polar surface area (TPSA) is 77.1 Å². The molecule has 0 bridgehead atoms. The smallest absolute Gasteiger partial charge is 0.281 e. The quantitative estimate of drug-likeness (QED) is 0.405. The molecule has 1 unspecified atom stereocenters. The van der Waals surface area contributed by atoms with Crippen molar-refractivity contribution in [1.82, 2.24) is 0 Å². The van der Waals surface area contributed by atoms with Crippen LogP contribution in [0.25, 0.3) is 0 Å². The zero-order valence-electron chi connectivity index (χ0n) is 7.91. The van der Waals surface area contributed by atoms with Crippen LogP contribution in [0, 0.1) is 0 Å². The molecule has 0 saturated carbocycles. The van der Waals surface area contributed by atoms with Gasteiger partial charge in [-0.3, -0.25) is 0 Å². The van der Waals surface area contributed by atoms with Crippen LogP contribution in [-0.2, 0) is 14.8 Å². The number of hydrogen-bond acceptors (Lipinski definition) is 6. The van der Waals surface area contributed by atoms with Crippen molar-refractivity contribution in [2.75, 3.05) is 0 Å². The summed E-state index contributed by atoms with van der Waals surface area (Å²) in [6, 6.07) is 8.80. The molecule has 0 spiro atoms. The summed E-state index contributed by atoms with van der Waals surface area (Å²) in [5, 5.41) is 13.6. The van der Waals surface area contributed by atoms with Gasteiger partial charge in [0.1, 0.15) is 5.75 Å². The van der Waals surface area contributed by atoms with Gasteiger partial charge in [0.25, 0.3) is 6.16 Å². The molecule has 0 saturated heterocycles. The first-order chi connectivity index (χ1) is 7.18. The predicted octanol–water partition coefficient (Wildman–Crippen LogP) is 0.635. The Morgan fingerprint density at radius 1 is 1.33 bits per heavy atom. The van der Waals surface area contributed by atoms with E-state index in [1.807, 2.05) is 6.07 Å². The highest BCUT2D eigenvalue weighted by Gasteiger charge is 2.04. The van der Waals surface area contributed by atoms with Crippen LogP contribution < -0.4 is 9.84 Å². The second-order valence-corrected chi connectivity index (χ2v) is 2.50. The molecule has 0 aromatic heterocycles. The molecule has 0 radical (unpaired) electrons. The third-order valence-electron chi connectivity index (χ3n) is 1.32. The molecule has 1 aromatic carbocycles. The van der Waals surface area contributed by atoms with E-state index >= 15 is 0 Å². The molecule has 0 aliphatic heterocycles. The first kappa shape index (κ1) is 11.3. The molecule has 0 amide bonds. The van der Waals surface area contributed by atoms with Crippen LogP contribution in [0.3, 0.4) is 0 Å². The van der Waals surface area contributed by atoms with Gasteiger partial charge in [0, 0.05) is 6.92 Å². The highest BCUT2D eigenvalue weighted by atomic mass is 17.5. The lowest BCUT2D eigenvalue weighted by molar-refractivity contribution is -0.533. The first-order valence-electron chi connectivity index (χ1n) is 4.11. The van der Waals surface area contributed by atoms with Crippen LogP contribution in [0.15, 0.2) is 30.3 Å². The minimum atomic E-state index is -1.85. The van der Waals surface area contributed by atoms with Crippen LogP contribution in [-0.4, -0.2) is 12.4 Å². The SMILES string of the molecule is CC(OOOC(=O)[O-])Oc1ccccc1. The number of carbonyl (C=O) groups excluding carboxylic acids is 1. The Labute approximate surface area is 85.8 Å². The van der Waals surface area contributed by atoms with Crippen LogP contribution in [0.4, 0.5) is 4.79 Å². The van der Waals surface area contributed by atoms with Crippen molar-refractivity contribution in [2.45, 2.75) is 13.2 Å². The first-order valence-corrected chi connectivity index (χ1v) is 4.11. The molecule has 6 heteroatoms. The lowest BCUT2D eigenvalue weighted by Crippen LogP contribution is -2.25. The maximum Gasteiger partial charge on any atom is 0.281 e. The van der Waals surface area contributed by atoms with E-state index < -0.39 is 12.4 Å². The predicted molar refractivity (Wildman–Crippen MR) is 45.2 cm³/mol. The zero-order chi connectivity index (χ0) is 11.1. The van der Waals surface area contributed by atoms with E-state index in [0.29, 0.717) is 5.75 Å². The van der Waals surface area contributed by atoms with E-state index in [-0.39, 0.29) is 0 Å². The summed E-state index contributed by atoms with van der Waals surface area (Å²) < 4.78 is 5.16. The lowest BCUT2D eigenvalue weighted by Gasteiger charge is -2.14. The molecule has 1 atom stereocenters. The maximum atomic E-state index is 9.76. The van der Waals surface area contributed by atoms with Crippen molar-refractivity contribution < 1.29 is 29.5 Å². The van der Waals surface area contributed by atoms with Crippen molar-refractivity contribution in [1.29, 1.82) is 0 Å². The summed E-state index contributed by atoms with van der Waals surface area (Å²) in [5.74, 6) is 0.557. The Bertz CT molecular complexity index is 299. The van der Waals surface area contributed by atoms with Gasteiger partial charge in [0.2, 0.25) is 6.29 Å². The second kappa shape index (κ2) is 5.84. The van der Waals surface area contributed by atoms with E-state index in [2.05, 4.69) is 14.8 Å². The molecule has 0 N–H and O–H groups in total. The normalized spacial score (nSPS) is 11.8. The van der Waals surface area contributed by atoms with Gasteiger partial charge in [-0.05, 0) is 12.1 Å². The number of carboxylic acid groups (broad SMARTS) is 1. The number of benzene rings is 1. The van der Waals surface area contributed by atoms with E-state index in [9.17, 15) is 9.90 Å². The monoisotopic (exact) mass is 213 g/mol. The highest BCUT2D eigenvalue weighted by Crippen LogP contribution is 2.11. The Hall–Kier alpha value is -1.79. The fourth-order valence-electron chi connectivity index (χ4n) is 0.813. The van der Waals surface area contributed by atoms with Crippen LogP contribution >= 0.6 is 0 Å². The van der Waals surface area contributed by atoms with Gasteiger partial charge in [-0.25, -0.2) is 0 Å². The number of hydrogen-bond donors (Lipinski definition) is 0. The summed E-state index contributed by atoms with van der Waals surface area (Å²) in [6.07, 6.45) is -2.66. The molecule has 0 heterocycles. The van der Waals surface area contributed by atoms with Gasteiger partial charge in [0.15, 0.2) is 0 Å². The van der Waals surface area contributed by atoms with E-state index in [1.54, 1.807) is 24.3 Å². The molecule has 0 aliphatic carbocycles. The zero-order valence-corrected chi connectivity index (χ0v) is 7.91. The molecule has 1 rings (SSSR count). The molecule has 82 valence electrons. The summed E-state index contributed by atoms with van der Waals surface area (Å²) in [5.41, 5.74) is 0. The minimum Gasteiger partial charge on any atom is -0.462 e. The maximum absolute atomic E-state index is 9.76. The van der Waals surface area contributed by atoms with Gasteiger partial charge in [0.05, 0.1) is 0 Å². The highest BCUT2D eigenvalue weighted by molar-refractivity contribution is 5.52. The number of ether oxygens (including phenoxy) is 1. The molecular weight excluding hydrogens is 204 g/mol. The molecule has 0 fully saturated rings. The van der Waals surface area contributed by atoms with Crippen molar-refractivity contribution in [3.05, 3.63) is 30.3 Å². The van der Waals surface area contributed by atoms with Crippen molar-refractivity contribution in [3.8, 4) is 5.75 Å². The average Bonchev–Trinajstić information content (AvgIpc) is 2.18. The number of rotatable bonds is 5. The van der Waals surface area contributed by atoms with Gasteiger partial charge < -0.3 is 19.5 Å². The van der Waals surface area contributed by atoms with Gasteiger partial charge >= 0.3 is 0 Å². The Balaban J connectivity index is 2.24. The Morgan fingerprint density at radius 2 is 2.00 bits per heavy atom. The standard InChI is InChI=1S/C9H10O6/c1-7(13-15-14-9(10)11)12-8-5-3-2-4-6-8/h2-7H,1H3,(H,10,11)/p-1. The fraction of sp³-hybridized carbons (Fsp3) is 0.222. The molecule has 0 aliphatic rings. The van der Waals surface area contributed by atoms with Crippen LogP contribution in [0.2, 0.25) is 0 Å². The van der Waals surface area contributed by atoms with Crippen LogP contribution in [0.5, 0.6) is 5.75 Å². The van der Waals surface area contributed by atoms with Crippen molar-refractivity contribution in [3.63, 3.8) is 0 Å². The van der Waals surface area contributed by atoms with Gasteiger partial charge in [-0.2, -0.15) is 4.89 Å². The number of carbonyl (C=O) groups is 1. The average molecular weight is 213 g/mol. The van der Waals surface area contributed by atoms with Gasteiger partial charge in [-0.1, -0.05) is 23.2 Å². The van der Waals surface area contributed by atoms with E-state index in [4.69, 9.17) is 4.74 Å². The van der Waals surface area contributed by atoms with Gasteiger partial charge in [-0.15, -0.1) is 0 Å². The second-order valence-electron chi connectivity index (χ2n) is 2.50. The summed E-state index contributed by atoms with van der Waals surface area (Å²) in [4.78, 5) is 17.7. The third-order valence-corrected chi connectivity index (χ3v) is 1.32.